The number of piperidine rings is 1. The largest absolute Gasteiger partial charge is 0.360 e. The second-order valence-electron chi connectivity index (χ2n) is 5.39. The number of anilines is 1. The fourth-order valence-electron chi connectivity index (χ4n) is 4.09. The first-order chi connectivity index (χ1) is 7.88. The molecule has 0 amide bonds. The van der Waals surface area contributed by atoms with E-state index in [-0.39, 0.29) is 0 Å². The Hall–Kier alpha value is -0.610. The molecule has 86 valence electrons. The Morgan fingerprint density at radius 1 is 1.31 bits per heavy atom. The lowest BCUT2D eigenvalue weighted by Crippen LogP contribution is -2.44. The topological polar surface area (TPSA) is 19.4 Å². The standard InChI is InChI=1S/C12H17N3S/c1-5-13-16-11(1)14-8-4-12(9-14)10-2-6-15(12)7-3-10/h1,5,10H,2-4,6-9H2. The molecule has 3 aliphatic heterocycles. The molecule has 4 heteroatoms. The highest BCUT2D eigenvalue weighted by Crippen LogP contribution is 2.49. The molecule has 0 N–H and O–H groups in total. The van der Waals surface area contributed by atoms with E-state index in [1.807, 2.05) is 6.20 Å². The van der Waals surface area contributed by atoms with Crippen LogP contribution in [0.25, 0.3) is 0 Å². The van der Waals surface area contributed by atoms with E-state index in [0.29, 0.717) is 5.54 Å². The summed E-state index contributed by atoms with van der Waals surface area (Å²) >= 11 is 1.64. The molecule has 0 radical (unpaired) electrons. The molecule has 0 aromatic carbocycles. The predicted octanol–water partition coefficient (Wildman–Crippen LogP) is 1.82. The lowest BCUT2D eigenvalue weighted by Gasteiger charge is -2.31. The summed E-state index contributed by atoms with van der Waals surface area (Å²) in [7, 11) is 0. The molecule has 1 unspecified atom stereocenters. The Morgan fingerprint density at radius 2 is 2.19 bits per heavy atom. The Kier molecular flexibility index (Phi) is 1.89. The van der Waals surface area contributed by atoms with Gasteiger partial charge in [0.05, 0.1) is 0 Å². The molecule has 3 saturated heterocycles. The average Bonchev–Trinajstić information content (AvgIpc) is 3.08. The van der Waals surface area contributed by atoms with Crippen molar-refractivity contribution >= 4 is 16.5 Å². The summed E-state index contributed by atoms with van der Waals surface area (Å²) in [6.07, 6.45) is 6.18. The van der Waals surface area contributed by atoms with Crippen LogP contribution < -0.4 is 4.90 Å². The molecule has 4 heterocycles. The van der Waals surface area contributed by atoms with Gasteiger partial charge in [-0.1, -0.05) is 0 Å². The monoisotopic (exact) mass is 235 g/mol. The van der Waals surface area contributed by atoms with Gasteiger partial charge in [-0.3, -0.25) is 4.90 Å². The predicted molar refractivity (Wildman–Crippen MR) is 66.0 cm³/mol. The highest BCUT2D eigenvalue weighted by Gasteiger charge is 2.55. The summed E-state index contributed by atoms with van der Waals surface area (Å²) in [5, 5.41) is 1.37. The first-order valence-electron chi connectivity index (χ1n) is 6.29. The van der Waals surface area contributed by atoms with Crippen LogP contribution in [-0.4, -0.2) is 41.0 Å². The Balaban J connectivity index is 1.62. The van der Waals surface area contributed by atoms with E-state index in [4.69, 9.17) is 0 Å². The van der Waals surface area contributed by atoms with Gasteiger partial charge < -0.3 is 4.90 Å². The maximum atomic E-state index is 4.22. The van der Waals surface area contributed by atoms with Gasteiger partial charge in [-0.25, -0.2) is 0 Å². The molecule has 4 rings (SSSR count). The molecule has 1 aromatic heterocycles. The van der Waals surface area contributed by atoms with Crippen molar-refractivity contribution in [1.82, 2.24) is 9.27 Å². The van der Waals surface area contributed by atoms with Crippen LogP contribution in [0.4, 0.5) is 5.00 Å². The lowest BCUT2D eigenvalue weighted by molar-refractivity contribution is 0.194. The lowest BCUT2D eigenvalue weighted by atomic mass is 9.85. The van der Waals surface area contributed by atoms with Crippen LogP contribution in [0.3, 0.4) is 0 Å². The van der Waals surface area contributed by atoms with Crippen molar-refractivity contribution in [3.05, 3.63) is 12.3 Å². The van der Waals surface area contributed by atoms with Crippen molar-refractivity contribution in [2.45, 2.75) is 24.8 Å². The van der Waals surface area contributed by atoms with E-state index >= 15 is 0 Å². The summed E-state index contributed by atoms with van der Waals surface area (Å²) in [5.41, 5.74) is 0.546. The van der Waals surface area contributed by atoms with Crippen LogP contribution in [0, 0.1) is 5.92 Å². The SMILES string of the molecule is c1cc(N2CCC3(C2)C2CCN3CC2)sn1. The summed E-state index contributed by atoms with van der Waals surface area (Å²) in [5.74, 6) is 0.977. The van der Waals surface area contributed by atoms with E-state index in [9.17, 15) is 0 Å². The Labute approximate surface area is 100 Å². The summed E-state index contributed by atoms with van der Waals surface area (Å²) in [6.45, 7) is 5.18. The molecule has 3 nitrogen and oxygen atoms in total. The average molecular weight is 235 g/mol. The zero-order valence-electron chi connectivity index (χ0n) is 9.43. The minimum absolute atomic E-state index is 0.546. The van der Waals surface area contributed by atoms with E-state index in [1.165, 1.54) is 50.4 Å². The third-order valence-corrected chi connectivity index (χ3v) is 5.71. The fourth-order valence-corrected chi connectivity index (χ4v) is 4.71. The van der Waals surface area contributed by atoms with Gasteiger partial charge in [-0.05, 0) is 55.9 Å². The molecule has 2 bridgehead atoms. The van der Waals surface area contributed by atoms with Gasteiger partial charge in [0, 0.05) is 24.8 Å². The van der Waals surface area contributed by atoms with Crippen LogP contribution in [0.1, 0.15) is 19.3 Å². The highest BCUT2D eigenvalue weighted by atomic mass is 32.1. The van der Waals surface area contributed by atoms with Crippen molar-refractivity contribution in [3.8, 4) is 0 Å². The normalized spacial score (nSPS) is 41.4. The third kappa shape index (κ3) is 1.09. The zero-order valence-corrected chi connectivity index (χ0v) is 10.2. The molecule has 1 atom stereocenters. The minimum atomic E-state index is 0.546. The Morgan fingerprint density at radius 3 is 2.81 bits per heavy atom. The van der Waals surface area contributed by atoms with Crippen molar-refractivity contribution in [2.24, 2.45) is 5.92 Å². The van der Waals surface area contributed by atoms with Gasteiger partial charge in [0.25, 0.3) is 0 Å². The first-order valence-corrected chi connectivity index (χ1v) is 7.06. The number of nitrogens with zero attached hydrogens (tertiary/aromatic N) is 3. The van der Waals surface area contributed by atoms with Crippen molar-refractivity contribution in [1.29, 1.82) is 0 Å². The van der Waals surface area contributed by atoms with E-state index in [2.05, 4.69) is 20.2 Å². The van der Waals surface area contributed by atoms with Gasteiger partial charge in [0.2, 0.25) is 0 Å². The Bertz CT molecular complexity index is 369. The van der Waals surface area contributed by atoms with Crippen molar-refractivity contribution < 1.29 is 0 Å². The third-order valence-electron chi connectivity index (χ3n) is 4.90. The molecule has 3 fully saturated rings. The van der Waals surface area contributed by atoms with E-state index in [1.54, 1.807) is 11.5 Å². The molecule has 0 aliphatic carbocycles. The first kappa shape index (κ1) is 9.42. The van der Waals surface area contributed by atoms with Gasteiger partial charge >= 0.3 is 0 Å². The van der Waals surface area contributed by atoms with Crippen LogP contribution in [-0.2, 0) is 0 Å². The second kappa shape index (κ2) is 3.20. The maximum absolute atomic E-state index is 4.22. The van der Waals surface area contributed by atoms with Crippen molar-refractivity contribution in [2.75, 3.05) is 31.1 Å². The van der Waals surface area contributed by atoms with Crippen molar-refractivity contribution in [3.63, 3.8) is 0 Å². The molecule has 1 aromatic rings. The van der Waals surface area contributed by atoms with Gasteiger partial charge in [0.15, 0.2) is 0 Å². The molecule has 16 heavy (non-hydrogen) atoms. The zero-order chi connectivity index (χ0) is 10.6. The maximum Gasteiger partial charge on any atom is 0.112 e. The van der Waals surface area contributed by atoms with E-state index in [0.717, 1.165) is 5.92 Å². The highest BCUT2D eigenvalue weighted by molar-refractivity contribution is 7.10. The van der Waals surface area contributed by atoms with Crippen LogP contribution in [0.5, 0.6) is 0 Å². The number of rotatable bonds is 1. The number of hydrogen-bond donors (Lipinski definition) is 0. The smallest absolute Gasteiger partial charge is 0.112 e. The van der Waals surface area contributed by atoms with Crippen LogP contribution in [0.2, 0.25) is 0 Å². The fraction of sp³-hybridized carbons (Fsp3) is 0.750. The quantitative estimate of drug-likeness (QED) is 0.740. The number of aromatic nitrogens is 1. The molecule has 1 spiro atoms. The van der Waals surface area contributed by atoms with Gasteiger partial charge in [-0.15, -0.1) is 0 Å². The summed E-state index contributed by atoms with van der Waals surface area (Å²) in [4.78, 5) is 5.31. The molecule has 0 saturated carbocycles. The molecular weight excluding hydrogens is 218 g/mol. The van der Waals surface area contributed by atoms with E-state index < -0.39 is 0 Å². The van der Waals surface area contributed by atoms with Crippen LogP contribution in [0.15, 0.2) is 12.3 Å². The van der Waals surface area contributed by atoms with Gasteiger partial charge in [-0.2, -0.15) is 4.37 Å². The number of hydrogen-bond acceptors (Lipinski definition) is 4. The minimum Gasteiger partial charge on any atom is -0.360 e. The second-order valence-corrected chi connectivity index (χ2v) is 6.20. The summed E-state index contributed by atoms with van der Waals surface area (Å²) in [6, 6.07) is 2.16. The summed E-state index contributed by atoms with van der Waals surface area (Å²) < 4.78 is 4.22. The van der Waals surface area contributed by atoms with Crippen LogP contribution >= 0.6 is 11.5 Å². The molecule has 3 aliphatic rings. The van der Waals surface area contributed by atoms with Gasteiger partial charge in [0.1, 0.15) is 5.00 Å². The molecular formula is C12H17N3S.